The Hall–Kier alpha value is -2.42. The predicted octanol–water partition coefficient (Wildman–Crippen LogP) is 2.85. The minimum Gasteiger partial charge on any atom is -0.388 e. The van der Waals surface area contributed by atoms with Crippen LogP contribution in [0.25, 0.3) is 0 Å². The van der Waals surface area contributed by atoms with Gasteiger partial charge in [-0.3, -0.25) is 9.59 Å². The second-order valence-electron chi connectivity index (χ2n) is 13.9. The molecule has 2 aromatic rings. The van der Waals surface area contributed by atoms with Crippen LogP contribution in [0.5, 0.6) is 0 Å². The number of rotatable bonds is 16. The lowest BCUT2D eigenvalue weighted by atomic mass is 9.80. The zero-order chi connectivity index (χ0) is 34.1. The van der Waals surface area contributed by atoms with E-state index in [0.717, 1.165) is 37.7 Å². The number of aliphatic hydroxyl groups excluding tert-OH is 1. The number of nitrogens with one attached hydrogen (secondary N) is 2. The molecule has 3 N–H and O–H groups in total. The first kappa shape index (κ1) is 36.9. The van der Waals surface area contributed by atoms with Crippen LogP contribution < -0.4 is 10.6 Å². The molecular formula is C35H53N5O6S2. The summed E-state index contributed by atoms with van der Waals surface area (Å²) in [5.41, 5.74) is 3.18. The van der Waals surface area contributed by atoms with E-state index >= 15 is 0 Å². The molecule has 3 heterocycles. The SMILES string of the molecule is CC[C@H]1CO[C@@H]1[C@@H](O)[C@H](CC1CCCCC1)NC(=O)[C@H](Cc1cscn1)NC(=O)[C@@H](Cc1ccccc1)CS(=O)(=O)N1CCN(C)CC1. The smallest absolute Gasteiger partial charge is 0.243 e. The topological polar surface area (TPSA) is 141 Å². The van der Waals surface area contributed by atoms with E-state index in [1.807, 2.05) is 42.8 Å². The maximum atomic E-state index is 14.2. The van der Waals surface area contributed by atoms with Gasteiger partial charge >= 0.3 is 0 Å². The first-order valence-electron chi connectivity index (χ1n) is 17.6. The molecule has 1 aromatic heterocycles. The molecule has 0 bridgehead atoms. The Labute approximate surface area is 289 Å². The van der Waals surface area contributed by atoms with Crippen LogP contribution in [0.3, 0.4) is 0 Å². The average Bonchev–Trinajstić information content (AvgIpc) is 3.58. The predicted molar refractivity (Wildman–Crippen MR) is 187 cm³/mol. The molecule has 1 aromatic carbocycles. The van der Waals surface area contributed by atoms with Crippen LogP contribution in [0.1, 0.15) is 63.1 Å². The van der Waals surface area contributed by atoms with Crippen molar-refractivity contribution >= 4 is 33.2 Å². The highest BCUT2D eigenvalue weighted by molar-refractivity contribution is 7.89. The van der Waals surface area contributed by atoms with Crippen LogP contribution >= 0.6 is 11.3 Å². The number of aliphatic hydroxyl groups is 1. The summed E-state index contributed by atoms with van der Waals surface area (Å²) in [5, 5.41) is 19.5. The van der Waals surface area contributed by atoms with Gasteiger partial charge in [0.15, 0.2) is 0 Å². The van der Waals surface area contributed by atoms with E-state index in [-0.39, 0.29) is 30.6 Å². The Morgan fingerprint density at radius 3 is 2.40 bits per heavy atom. The van der Waals surface area contributed by atoms with Crippen LogP contribution in [-0.4, -0.2) is 109 Å². The molecule has 1 aliphatic carbocycles. The molecule has 1 saturated carbocycles. The second-order valence-corrected chi connectivity index (χ2v) is 16.7. The van der Waals surface area contributed by atoms with Crippen LogP contribution in [0, 0.1) is 17.8 Å². The monoisotopic (exact) mass is 703 g/mol. The summed E-state index contributed by atoms with van der Waals surface area (Å²) in [6.45, 7) is 4.69. The number of aromatic nitrogens is 1. The van der Waals surface area contributed by atoms with E-state index in [1.165, 1.54) is 22.1 Å². The van der Waals surface area contributed by atoms with Gasteiger partial charge in [0, 0.05) is 43.9 Å². The van der Waals surface area contributed by atoms with Crippen LogP contribution in [-0.2, 0) is 37.2 Å². The molecule has 3 fully saturated rings. The number of thiazole rings is 1. The third kappa shape index (κ3) is 10.1. The van der Waals surface area contributed by atoms with E-state index < -0.39 is 45.9 Å². The number of amides is 2. The maximum Gasteiger partial charge on any atom is 0.243 e. The molecule has 13 heteroatoms. The summed E-state index contributed by atoms with van der Waals surface area (Å²) >= 11 is 1.40. The number of hydrogen-bond donors (Lipinski definition) is 3. The van der Waals surface area contributed by atoms with Crippen LogP contribution in [0.4, 0.5) is 0 Å². The van der Waals surface area contributed by atoms with Gasteiger partial charge in [0.05, 0.1) is 41.6 Å². The molecule has 266 valence electrons. The van der Waals surface area contributed by atoms with E-state index in [2.05, 4.69) is 27.4 Å². The van der Waals surface area contributed by atoms with Gasteiger partial charge in [0.1, 0.15) is 12.1 Å². The molecule has 3 aliphatic rings. The number of likely N-dealkylation sites (N-methyl/N-ethyl adjacent to an activating group) is 1. The van der Waals surface area contributed by atoms with Gasteiger partial charge in [0.2, 0.25) is 21.8 Å². The van der Waals surface area contributed by atoms with Crippen molar-refractivity contribution in [2.45, 2.75) is 89.0 Å². The highest BCUT2D eigenvalue weighted by Crippen LogP contribution is 2.32. The molecular weight excluding hydrogens is 651 g/mol. The highest BCUT2D eigenvalue weighted by Gasteiger charge is 2.42. The fourth-order valence-corrected chi connectivity index (χ4v) is 9.53. The first-order valence-corrected chi connectivity index (χ1v) is 20.2. The highest BCUT2D eigenvalue weighted by atomic mass is 32.2. The standard InChI is InChI=1S/C35H53N5O6S2/c1-3-27-21-46-33(27)32(41)30(19-26-12-8-5-9-13-26)37-35(43)31(20-29-22-47-24-36-29)38-34(42)28(18-25-10-6-4-7-11-25)23-48(44,45)40-16-14-39(2)15-17-40/h4,6-7,10-11,22,24,26-28,30-33,41H,3,5,8-9,12-21,23H2,1-2H3,(H,37,43)(H,38,42)/t27-,28-,30-,31-,32-,33-/m0/s1. The molecule has 6 atom stereocenters. The number of nitrogens with zero attached hydrogens (tertiary/aromatic N) is 3. The van der Waals surface area contributed by atoms with Gasteiger partial charge in [0.25, 0.3) is 0 Å². The number of ether oxygens (including phenoxy) is 1. The summed E-state index contributed by atoms with van der Waals surface area (Å²) in [6, 6.07) is 7.83. The summed E-state index contributed by atoms with van der Waals surface area (Å²) in [6.07, 6.45) is 6.27. The number of hydrogen-bond acceptors (Lipinski definition) is 9. The Kier molecular flexibility index (Phi) is 13.4. The molecule has 0 radical (unpaired) electrons. The first-order chi connectivity index (χ1) is 23.1. The lowest BCUT2D eigenvalue weighted by Crippen LogP contribution is -2.60. The van der Waals surface area contributed by atoms with Gasteiger partial charge in [-0.15, -0.1) is 11.3 Å². The maximum absolute atomic E-state index is 14.2. The fourth-order valence-electron chi connectivity index (χ4n) is 7.25. The zero-order valence-electron chi connectivity index (χ0n) is 28.3. The lowest BCUT2D eigenvalue weighted by Gasteiger charge is -2.43. The molecule has 2 aliphatic heterocycles. The average molecular weight is 704 g/mol. The van der Waals surface area contributed by atoms with Crippen molar-refractivity contribution in [2.24, 2.45) is 17.8 Å². The molecule has 48 heavy (non-hydrogen) atoms. The number of sulfonamides is 1. The van der Waals surface area contributed by atoms with Gasteiger partial charge < -0.3 is 25.4 Å². The van der Waals surface area contributed by atoms with E-state index in [0.29, 0.717) is 50.8 Å². The van der Waals surface area contributed by atoms with E-state index in [9.17, 15) is 23.1 Å². The Bertz CT molecular complexity index is 1400. The van der Waals surface area contributed by atoms with Crippen molar-refractivity contribution in [3.8, 4) is 0 Å². The quantitative estimate of drug-likeness (QED) is 0.243. The number of piperazine rings is 1. The summed E-state index contributed by atoms with van der Waals surface area (Å²) in [5.74, 6) is -1.56. The van der Waals surface area contributed by atoms with Gasteiger partial charge in [-0.05, 0) is 37.8 Å². The molecule has 0 spiro atoms. The third-order valence-electron chi connectivity index (χ3n) is 10.4. The van der Waals surface area contributed by atoms with Crippen LogP contribution in [0.2, 0.25) is 0 Å². The Morgan fingerprint density at radius 2 is 1.77 bits per heavy atom. The minimum absolute atomic E-state index is 0.147. The molecule has 2 amide bonds. The van der Waals surface area contributed by atoms with Crippen molar-refractivity contribution in [3.63, 3.8) is 0 Å². The van der Waals surface area contributed by atoms with Gasteiger partial charge in [-0.1, -0.05) is 69.4 Å². The second kappa shape index (κ2) is 17.5. The minimum atomic E-state index is -3.75. The third-order valence-corrected chi connectivity index (χ3v) is 13.0. The summed E-state index contributed by atoms with van der Waals surface area (Å²) < 4.78 is 34.5. The molecule has 0 unspecified atom stereocenters. The summed E-state index contributed by atoms with van der Waals surface area (Å²) in [7, 11) is -1.79. The van der Waals surface area contributed by atoms with Crippen molar-refractivity contribution < 1.29 is 27.9 Å². The number of carbonyl (C=O) groups excluding carboxylic acids is 2. The van der Waals surface area contributed by atoms with Gasteiger partial charge in [-0.2, -0.15) is 4.31 Å². The molecule has 5 rings (SSSR count). The van der Waals surface area contributed by atoms with Crippen molar-refractivity contribution in [1.82, 2.24) is 24.8 Å². The Morgan fingerprint density at radius 1 is 1.04 bits per heavy atom. The van der Waals surface area contributed by atoms with Crippen molar-refractivity contribution in [1.29, 1.82) is 0 Å². The fraction of sp³-hybridized carbons (Fsp3) is 0.686. The normalized spacial score (nSPS) is 23.8. The zero-order valence-corrected chi connectivity index (χ0v) is 30.0. The van der Waals surface area contributed by atoms with E-state index in [4.69, 9.17) is 4.74 Å². The number of benzene rings is 1. The van der Waals surface area contributed by atoms with Gasteiger partial charge in [-0.25, -0.2) is 13.4 Å². The van der Waals surface area contributed by atoms with Crippen molar-refractivity contribution in [3.05, 3.63) is 52.5 Å². The molecule has 11 nitrogen and oxygen atoms in total. The number of carbonyl (C=O) groups is 2. The largest absolute Gasteiger partial charge is 0.388 e. The molecule has 2 saturated heterocycles. The van der Waals surface area contributed by atoms with Crippen LogP contribution in [0.15, 0.2) is 41.2 Å². The van der Waals surface area contributed by atoms with E-state index in [1.54, 1.807) is 5.51 Å². The summed E-state index contributed by atoms with van der Waals surface area (Å²) in [4.78, 5) is 34.7. The lowest BCUT2D eigenvalue weighted by molar-refractivity contribution is -0.177. The Balaban J connectivity index is 1.35. The van der Waals surface area contributed by atoms with Crippen molar-refractivity contribution in [2.75, 3.05) is 45.6 Å².